The average Bonchev–Trinajstić information content (AvgIpc) is 2.69. The number of aryl methyl sites for hydroxylation is 1. The number of aromatic nitrogens is 3. The van der Waals surface area contributed by atoms with Crippen LogP contribution in [0.5, 0.6) is 0 Å². The molecule has 2 rings (SSSR count). The highest BCUT2D eigenvalue weighted by Crippen LogP contribution is 2.16. The molecule has 19 heavy (non-hydrogen) atoms. The van der Waals surface area contributed by atoms with Crippen molar-refractivity contribution in [1.29, 1.82) is 0 Å². The highest BCUT2D eigenvalue weighted by atomic mass is 32.1. The Labute approximate surface area is 115 Å². The maximum Gasteiger partial charge on any atom is 0.250 e. The normalized spacial score (nSPS) is 10.4. The van der Waals surface area contributed by atoms with Crippen LogP contribution in [0, 0.1) is 11.7 Å². The van der Waals surface area contributed by atoms with Crippen molar-refractivity contribution in [2.45, 2.75) is 6.92 Å². The SMILES string of the molecule is COCC(=O)Nc1cccc(-n2c(C)n[nH]c2=S)c1. The van der Waals surface area contributed by atoms with Gasteiger partial charge in [0.1, 0.15) is 12.4 Å². The summed E-state index contributed by atoms with van der Waals surface area (Å²) < 4.78 is 7.07. The second kappa shape index (κ2) is 5.77. The van der Waals surface area contributed by atoms with E-state index in [0.717, 1.165) is 11.5 Å². The molecule has 0 saturated carbocycles. The Morgan fingerprint density at radius 3 is 3.00 bits per heavy atom. The molecule has 0 radical (unpaired) electrons. The van der Waals surface area contributed by atoms with Crippen LogP contribution in [0.1, 0.15) is 5.82 Å². The van der Waals surface area contributed by atoms with Crippen molar-refractivity contribution < 1.29 is 9.53 Å². The van der Waals surface area contributed by atoms with Crippen molar-refractivity contribution in [1.82, 2.24) is 14.8 Å². The number of aromatic amines is 1. The molecule has 100 valence electrons. The third kappa shape index (κ3) is 3.07. The van der Waals surface area contributed by atoms with E-state index in [-0.39, 0.29) is 12.5 Å². The topological polar surface area (TPSA) is 71.9 Å². The van der Waals surface area contributed by atoms with Crippen LogP contribution < -0.4 is 5.32 Å². The zero-order chi connectivity index (χ0) is 13.8. The first-order valence-corrected chi connectivity index (χ1v) is 6.06. The average molecular weight is 278 g/mol. The van der Waals surface area contributed by atoms with Gasteiger partial charge in [-0.1, -0.05) is 6.07 Å². The van der Waals surface area contributed by atoms with E-state index in [1.807, 2.05) is 25.1 Å². The van der Waals surface area contributed by atoms with Crippen LogP contribution in [0.3, 0.4) is 0 Å². The highest BCUT2D eigenvalue weighted by molar-refractivity contribution is 7.71. The molecule has 0 aliphatic carbocycles. The quantitative estimate of drug-likeness (QED) is 0.837. The van der Waals surface area contributed by atoms with Crippen LogP contribution in [0.15, 0.2) is 24.3 Å². The van der Waals surface area contributed by atoms with Crippen molar-refractivity contribution in [3.63, 3.8) is 0 Å². The number of H-pyrrole nitrogens is 1. The van der Waals surface area contributed by atoms with Crippen molar-refractivity contribution in [3.8, 4) is 5.69 Å². The molecule has 0 bridgehead atoms. The molecule has 1 heterocycles. The molecular weight excluding hydrogens is 264 g/mol. The van der Waals surface area contributed by atoms with Gasteiger partial charge in [-0.3, -0.25) is 14.5 Å². The summed E-state index contributed by atoms with van der Waals surface area (Å²) in [6, 6.07) is 7.36. The smallest absolute Gasteiger partial charge is 0.250 e. The second-order valence-electron chi connectivity index (χ2n) is 3.94. The van der Waals surface area contributed by atoms with Crippen LogP contribution >= 0.6 is 12.2 Å². The summed E-state index contributed by atoms with van der Waals surface area (Å²) >= 11 is 5.17. The summed E-state index contributed by atoms with van der Waals surface area (Å²) in [6.45, 7) is 1.87. The molecule has 0 aliphatic heterocycles. The Morgan fingerprint density at radius 2 is 2.37 bits per heavy atom. The largest absolute Gasteiger partial charge is 0.375 e. The summed E-state index contributed by atoms with van der Waals surface area (Å²) in [5, 5.41) is 9.52. The van der Waals surface area contributed by atoms with Gasteiger partial charge in [0.25, 0.3) is 0 Å². The Hall–Kier alpha value is -1.99. The Kier molecular flexibility index (Phi) is 4.08. The number of ether oxygens (including phenoxy) is 1. The maximum absolute atomic E-state index is 11.5. The molecular formula is C12H14N4O2S. The zero-order valence-electron chi connectivity index (χ0n) is 10.6. The third-order valence-electron chi connectivity index (χ3n) is 2.50. The molecule has 6 nitrogen and oxygen atoms in total. The van der Waals surface area contributed by atoms with Gasteiger partial charge in [0, 0.05) is 12.8 Å². The van der Waals surface area contributed by atoms with Gasteiger partial charge in [-0.05, 0) is 37.3 Å². The number of amides is 1. The second-order valence-corrected chi connectivity index (χ2v) is 4.33. The molecule has 7 heteroatoms. The number of hydrogen-bond acceptors (Lipinski definition) is 4. The first kappa shape index (κ1) is 13.4. The minimum Gasteiger partial charge on any atom is -0.375 e. The number of carbonyl (C=O) groups is 1. The molecule has 1 amide bonds. The first-order chi connectivity index (χ1) is 9.11. The summed E-state index contributed by atoms with van der Waals surface area (Å²) in [5.74, 6) is 0.553. The number of methoxy groups -OCH3 is 1. The van der Waals surface area contributed by atoms with Crippen LogP contribution in [-0.4, -0.2) is 34.4 Å². The van der Waals surface area contributed by atoms with Gasteiger partial charge in [-0.15, -0.1) is 0 Å². The lowest BCUT2D eigenvalue weighted by molar-refractivity contribution is -0.119. The first-order valence-electron chi connectivity index (χ1n) is 5.65. The van der Waals surface area contributed by atoms with Crippen molar-refractivity contribution in [2.24, 2.45) is 0 Å². The number of hydrogen-bond donors (Lipinski definition) is 2. The summed E-state index contributed by atoms with van der Waals surface area (Å²) in [4.78, 5) is 11.5. The van der Waals surface area contributed by atoms with Gasteiger partial charge in [0.05, 0.1) is 5.69 Å². The Balaban J connectivity index is 2.30. The van der Waals surface area contributed by atoms with Gasteiger partial charge >= 0.3 is 0 Å². The van der Waals surface area contributed by atoms with Gasteiger partial charge in [0.15, 0.2) is 4.77 Å². The molecule has 0 unspecified atom stereocenters. The number of anilines is 1. The van der Waals surface area contributed by atoms with Crippen LogP contribution in [-0.2, 0) is 9.53 Å². The monoisotopic (exact) mass is 278 g/mol. The molecule has 0 fully saturated rings. The molecule has 1 aromatic carbocycles. The minimum atomic E-state index is -0.202. The Bertz CT molecular complexity index is 647. The number of nitrogens with zero attached hydrogens (tertiary/aromatic N) is 2. The van der Waals surface area contributed by atoms with E-state index in [1.165, 1.54) is 7.11 Å². The van der Waals surface area contributed by atoms with E-state index < -0.39 is 0 Å². The van der Waals surface area contributed by atoms with E-state index in [4.69, 9.17) is 17.0 Å². The fraction of sp³-hybridized carbons (Fsp3) is 0.250. The van der Waals surface area contributed by atoms with Crippen molar-refractivity contribution in [2.75, 3.05) is 19.0 Å². The molecule has 1 aromatic heterocycles. The summed E-state index contributed by atoms with van der Waals surface area (Å²) in [6.07, 6.45) is 0. The lowest BCUT2D eigenvalue weighted by Crippen LogP contribution is -2.17. The van der Waals surface area contributed by atoms with E-state index in [0.29, 0.717) is 10.5 Å². The molecule has 0 spiro atoms. The van der Waals surface area contributed by atoms with Crippen LogP contribution in [0.25, 0.3) is 5.69 Å². The number of rotatable bonds is 4. The molecule has 0 aliphatic rings. The van der Waals surface area contributed by atoms with E-state index in [2.05, 4.69) is 15.5 Å². The fourth-order valence-corrected chi connectivity index (χ4v) is 2.01. The van der Waals surface area contributed by atoms with Gasteiger partial charge in [-0.2, -0.15) is 5.10 Å². The predicted octanol–water partition coefficient (Wildman–Crippen LogP) is 1.82. The number of carbonyl (C=O) groups excluding carboxylic acids is 1. The standard InChI is InChI=1S/C12H14N4O2S/c1-8-14-15-12(19)16(8)10-5-3-4-9(6-10)13-11(17)7-18-2/h3-6H,7H2,1-2H3,(H,13,17)(H,15,19). The molecule has 2 N–H and O–H groups in total. The number of benzene rings is 1. The van der Waals surface area contributed by atoms with Crippen molar-refractivity contribution >= 4 is 23.8 Å². The Morgan fingerprint density at radius 1 is 1.58 bits per heavy atom. The van der Waals surface area contributed by atoms with Gasteiger partial charge < -0.3 is 10.1 Å². The predicted molar refractivity (Wildman–Crippen MR) is 74.0 cm³/mol. The summed E-state index contributed by atoms with van der Waals surface area (Å²) in [5.41, 5.74) is 1.52. The number of nitrogens with one attached hydrogen (secondary N) is 2. The highest BCUT2D eigenvalue weighted by Gasteiger charge is 2.06. The van der Waals surface area contributed by atoms with Gasteiger partial charge in [-0.25, -0.2) is 0 Å². The van der Waals surface area contributed by atoms with Crippen LogP contribution in [0.2, 0.25) is 0 Å². The van der Waals surface area contributed by atoms with Gasteiger partial charge in [0.2, 0.25) is 5.91 Å². The molecule has 0 atom stereocenters. The lowest BCUT2D eigenvalue weighted by Gasteiger charge is -2.08. The van der Waals surface area contributed by atoms with E-state index in [9.17, 15) is 4.79 Å². The lowest BCUT2D eigenvalue weighted by atomic mass is 10.2. The summed E-state index contributed by atoms with van der Waals surface area (Å²) in [7, 11) is 1.48. The zero-order valence-corrected chi connectivity index (χ0v) is 11.5. The van der Waals surface area contributed by atoms with E-state index in [1.54, 1.807) is 10.6 Å². The van der Waals surface area contributed by atoms with Crippen molar-refractivity contribution in [3.05, 3.63) is 34.9 Å². The van der Waals surface area contributed by atoms with E-state index >= 15 is 0 Å². The third-order valence-corrected chi connectivity index (χ3v) is 2.78. The molecule has 0 saturated heterocycles. The fourth-order valence-electron chi connectivity index (χ4n) is 1.73. The van der Waals surface area contributed by atoms with Crippen LogP contribution in [0.4, 0.5) is 5.69 Å². The minimum absolute atomic E-state index is 0.0222. The molecule has 2 aromatic rings. The maximum atomic E-state index is 11.5.